The van der Waals surface area contributed by atoms with E-state index >= 15 is 0 Å². The number of piperazine rings is 1. The standard InChI is InChI=1S/C20H36N4O4/c1-3-21-20(22-11-7-5-4-6-10-18(25)27-2)24-14-12-23(13-15-24)19(26)17-9-8-16-28-17/h17H,3-16H2,1-2H3,(H,21,22). The van der Waals surface area contributed by atoms with E-state index in [1.807, 2.05) is 4.90 Å². The molecule has 2 fully saturated rings. The van der Waals surface area contributed by atoms with Gasteiger partial charge in [-0.15, -0.1) is 0 Å². The van der Waals surface area contributed by atoms with Gasteiger partial charge in [0.15, 0.2) is 5.96 Å². The summed E-state index contributed by atoms with van der Waals surface area (Å²) in [6.07, 6.45) is 6.06. The number of methoxy groups -OCH3 is 1. The van der Waals surface area contributed by atoms with Crippen molar-refractivity contribution in [1.82, 2.24) is 15.1 Å². The normalized spacial score (nSPS) is 20.4. The molecule has 0 saturated carbocycles. The first-order chi connectivity index (χ1) is 13.7. The highest BCUT2D eigenvalue weighted by Gasteiger charge is 2.30. The quantitative estimate of drug-likeness (QED) is 0.275. The second-order valence-electron chi connectivity index (χ2n) is 7.29. The molecule has 0 aromatic rings. The van der Waals surface area contributed by atoms with Gasteiger partial charge in [-0.25, -0.2) is 0 Å². The minimum absolute atomic E-state index is 0.135. The van der Waals surface area contributed by atoms with Crippen LogP contribution in [-0.4, -0.2) is 86.7 Å². The predicted molar refractivity (Wildman–Crippen MR) is 108 cm³/mol. The Balaban J connectivity index is 1.69. The van der Waals surface area contributed by atoms with Crippen molar-refractivity contribution in [3.63, 3.8) is 0 Å². The number of hydrogen-bond acceptors (Lipinski definition) is 5. The van der Waals surface area contributed by atoms with Crippen molar-refractivity contribution in [2.45, 2.75) is 58.0 Å². The minimum atomic E-state index is -0.229. The van der Waals surface area contributed by atoms with E-state index in [2.05, 4.69) is 21.9 Å². The highest BCUT2D eigenvalue weighted by atomic mass is 16.5. The number of rotatable bonds is 9. The number of carbonyl (C=O) groups excluding carboxylic acids is 2. The van der Waals surface area contributed by atoms with Crippen molar-refractivity contribution in [3.8, 4) is 0 Å². The molecule has 0 radical (unpaired) electrons. The van der Waals surface area contributed by atoms with Crippen LogP contribution in [0.25, 0.3) is 0 Å². The third kappa shape index (κ3) is 7.30. The van der Waals surface area contributed by atoms with Crippen LogP contribution in [0.3, 0.4) is 0 Å². The summed E-state index contributed by atoms with van der Waals surface area (Å²) < 4.78 is 10.2. The third-order valence-corrected chi connectivity index (χ3v) is 5.21. The SMILES string of the molecule is CCNC(=NCCCCCCC(=O)OC)N1CCN(C(=O)C2CCCO2)CC1. The number of carbonyl (C=O) groups is 2. The van der Waals surface area contributed by atoms with E-state index in [4.69, 9.17) is 9.73 Å². The summed E-state index contributed by atoms with van der Waals surface area (Å²) in [4.78, 5) is 32.5. The molecular formula is C20H36N4O4. The molecule has 1 unspecified atom stereocenters. The van der Waals surface area contributed by atoms with Crippen LogP contribution in [0, 0.1) is 0 Å². The molecule has 2 aliphatic rings. The number of amides is 1. The van der Waals surface area contributed by atoms with Gasteiger partial charge >= 0.3 is 5.97 Å². The number of nitrogens with one attached hydrogen (secondary N) is 1. The first-order valence-corrected chi connectivity index (χ1v) is 10.7. The third-order valence-electron chi connectivity index (χ3n) is 5.21. The number of hydrogen-bond donors (Lipinski definition) is 1. The lowest BCUT2D eigenvalue weighted by molar-refractivity contribution is -0.142. The Morgan fingerprint density at radius 3 is 2.46 bits per heavy atom. The second kappa shape index (κ2) is 12.6. The van der Waals surface area contributed by atoms with Crippen LogP contribution in [0.5, 0.6) is 0 Å². The van der Waals surface area contributed by atoms with Crippen LogP contribution in [0.1, 0.15) is 51.9 Å². The van der Waals surface area contributed by atoms with E-state index in [-0.39, 0.29) is 18.0 Å². The van der Waals surface area contributed by atoms with Gasteiger partial charge in [0.1, 0.15) is 6.10 Å². The summed E-state index contributed by atoms with van der Waals surface area (Å²) in [6.45, 7) is 7.40. The van der Waals surface area contributed by atoms with Gasteiger partial charge in [-0.1, -0.05) is 12.8 Å². The summed E-state index contributed by atoms with van der Waals surface area (Å²) in [5.41, 5.74) is 0. The summed E-state index contributed by atoms with van der Waals surface area (Å²) in [7, 11) is 1.43. The molecule has 2 heterocycles. The Morgan fingerprint density at radius 1 is 1.11 bits per heavy atom. The molecule has 2 saturated heterocycles. The molecule has 0 spiro atoms. The zero-order valence-corrected chi connectivity index (χ0v) is 17.5. The fourth-order valence-corrected chi connectivity index (χ4v) is 3.56. The number of unbranched alkanes of at least 4 members (excludes halogenated alkanes) is 3. The maximum Gasteiger partial charge on any atom is 0.305 e. The zero-order valence-electron chi connectivity index (χ0n) is 17.5. The summed E-state index contributed by atoms with van der Waals surface area (Å²) in [5, 5.41) is 3.36. The number of esters is 1. The smallest absolute Gasteiger partial charge is 0.305 e. The maximum absolute atomic E-state index is 12.5. The molecule has 0 bridgehead atoms. The van der Waals surface area contributed by atoms with Gasteiger partial charge in [-0.3, -0.25) is 14.6 Å². The Bertz CT molecular complexity index is 512. The van der Waals surface area contributed by atoms with Crippen molar-refractivity contribution in [3.05, 3.63) is 0 Å². The van der Waals surface area contributed by atoms with Crippen LogP contribution in [0.4, 0.5) is 0 Å². The van der Waals surface area contributed by atoms with Crippen molar-refractivity contribution in [2.75, 3.05) is 53.0 Å². The highest BCUT2D eigenvalue weighted by Crippen LogP contribution is 2.16. The highest BCUT2D eigenvalue weighted by molar-refractivity contribution is 5.82. The molecule has 1 amide bonds. The lowest BCUT2D eigenvalue weighted by Gasteiger charge is -2.37. The second-order valence-corrected chi connectivity index (χ2v) is 7.29. The van der Waals surface area contributed by atoms with Crippen LogP contribution < -0.4 is 5.32 Å². The first-order valence-electron chi connectivity index (χ1n) is 10.7. The molecule has 8 heteroatoms. The van der Waals surface area contributed by atoms with Gasteiger partial charge in [-0.05, 0) is 32.6 Å². The topological polar surface area (TPSA) is 83.5 Å². The fourth-order valence-electron chi connectivity index (χ4n) is 3.56. The van der Waals surface area contributed by atoms with Crippen LogP contribution in [0.2, 0.25) is 0 Å². The Kier molecular flexibility index (Phi) is 10.1. The lowest BCUT2D eigenvalue weighted by Crippen LogP contribution is -2.55. The van der Waals surface area contributed by atoms with Crippen molar-refractivity contribution < 1.29 is 19.1 Å². The molecule has 28 heavy (non-hydrogen) atoms. The molecule has 2 aliphatic heterocycles. The molecule has 2 rings (SSSR count). The Hall–Kier alpha value is -1.83. The summed E-state index contributed by atoms with van der Waals surface area (Å²) >= 11 is 0. The predicted octanol–water partition coefficient (Wildman–Crippen LogP) is 1.40. The van der Waals surface area contributed by atoms with Crippen LogP contribution in [0.15, 0.2) is 4.99 Å². The lowest BCUT2D eigenvalue weighted by atomic mass is 10.1. The molecule has 1 N–H and O–H groups in total. The van der Waals surface area contributed by atoms with Crippen LogP contribution >= 0.6 is 0 Å². The Labute approximate surface area is 168 Å². The summed E-state index contributed by atoms with van der Waals surface area (Å²) in [6, 6.07) is 0. The molecule has 0 aliphatic carbocycles. The summed E-state index contributed by atoms with van der Waals surface area (Å²) in [5.74, 6) is 0.942. The van der Waals surface area contributed by atoms with Gasteiger partial charge in [0.25, 0.3) is 5.91 Å². The average molecular weight is 397 g/mol. The van der Waals surface area contributed by atoms with Crippen molar-refractivity contribution in [2.24, 2.45) is 4.99 Å². The van der Waals surface area contributed by atoms with Gasteiger partial charge in [0.05, 0.1) is 7.11 Å². The maximum atomic E-state index is 12.5. The van der Waals surface area contributed by atoms with Crippen molar-refractivity contribution >= 4 is 17.8 Å². The van der Waals surface area contributed by atoms with Gasteiger partial charge in [0.2, 0.25) is 0 Å². The molecule has 0 aromatic heterocycles. The number of ether oxygens (including phenoxy) is 2. The van der Waals surface area contributed by atoms with E-state index in [9.17, 15) is 9.59 Å². The van der Waals surface area contributed by atoms with Gasteiger partial charge in [0, 0.05) is 52.3 Å². The number of aliphatic imine (C=N–C) groups is 1. The van der Waals surface area contributed by atoms with Crippen molar-refractivity contribution in [1.29, 1.82) is 0 Å². The molecule has 8 nitrogen and oxygen atoms in total. The van der Waals surface area contributed by atoms with E-state index < -0.39 is 0 Å². The molecule has 160 valence electrons. The minimum Gasteiger partial charge on any atom is -0.469 e. The average Bonchev–Trinajstić information content (AvgIpc) is 3.26. The van der Waals surface area contributed by atoms with E-state index in [0.717, 1.165) is 83.8 Å². The zero-order chi connectivity index (χ0) is 20.2. The Morgan fingerprint density at radius 2 is 1.82 bits per heavy atom. The molecular weight excluding hydrogens is 360 g/mol. The van der Waals surface area contributed by atoms with E-state index in [1.165, 1.54) is 7.11 Å². The number of nitrogens with zero attached hydrogens (tertiary/aromatic N) is 3. The van der Waals surface area contributed by atoms with Gasteiger partial charge in [-0.2, -0.15) is 0 Å². The monoisotopic (exact) mass is 396 g/mol. The van der Waals surface area contributed by atoms with Crippen LogP contribution in [-0.2, 0) is 19.1 Å². The molecule has 0 aromatic carbocycles. The molecule has 1 atom stereocenters. The van der Waals surface area contributed by atoms with E-state index in [0.29, 0.717) is 13.0 Å². The fraction of sp³-hybridized carbons (Fsp3) is 0.850. The van der Waals surface area contributed by atoms with E-state index in [1.54, 1.807) is 0 Å². The number of guanidine groups is 1. The van der Waals surface area contributed by atoms with Gasteiger partial charge < -0.3 is 24.6 Å². The first kappa shape index (κ1) is 22.5. The largest absolute Gasteiger partial charge is 0.469 e.